The zero-order valence-corrected chi connectivity index (χ0v) is 8.56. The van der Waals surface area contributed by atoms with Crippen LogP contribution in [-0.4, -0.2) is 27.9 Å². The third kappa shape index (κ3) is 2.57. The summed E-state index contributed by atoms with van der Waals surface area (Å²) in [4.78, 5) is 8.33. The standard InChI is InChI=1S/C8H13N3OS/c1-3-13-8-10-4-6(5-12)7(9-2)11-8/h4,12H,3,5H2,1-2H3,(H,9,10,11). The van der Waals surface area contributed by atoms with Crippen molar-refractivity contribution in [3.8, 4) is 0 Å². The number of nitrogens with zero attached hydrogens (tertiary/aromatic N) is 2. The zero-order chi connectivity index (χ0) is 9.68. The van der Waals surface area contributed by atoms with Crippen molar-refractivity contribution < 1.29 is 5.11 Å². The van der Waals surface area contributed by atoms with E-state index in [0.29, 0.717) is 5.82 Å². The highest BCUT2D eigenvalue weighted by molar-refractivity contribution is 7.99. The summed E-state index contributed by atoms with van der Waals surface area (Å²) in [5.41, 5.74) is 0.725. The van der Waals surface area contributed by atoms with Gasteiger partial charge in [-0.05, 0) is 5.75 Å². The van der Waals surface area contributed by atoms with Crippen molar-refractivity contribution in [1.29, 1.82) is 0 Å². The second kappa shape index (κ2) is 5.04. The second-order valence-corrected chi connectivity index (χ2v) is 3.60. The van der Waals surface area contributed by atoms with Gasteiger partial charge < -0.3 is 10.4 Å². The van der Waals surface area contributed by atoms with Crippen LogP contribution in [0.25, 0.3) is 0 Å². The Morgan fingerprint density at radius 3 is 2.92 bits per heavy atom. The molecule has 0 fully saturated rings. The summed E-state index contributed by atoms with van der Waals surface area (Å²) in [5.74, 6) is 1.65. The second-order valence-electron chi connectivity index (χ2n) is 2.37. The molecular formula is C8H13N3OS. The van der Waals surface area contributed by atoms with Gasteiger partial charge in [0.1, 0.15) is 5.82 Å². The Morgan fingerprint density at radius 1 is 1.62 bits per heavy atom. The molecule has 0 spiro atoms. The van der Waals surface area contributed by atoms with Crippen molar-refractivity contribution in [3.63, 3.8) is 0 Å². The van der Waals surface area contributed by atoms with Gasteiger partial charge in [0.25, 0.3) is 0 Å². The van der Waals surface area contributed by atoms with E-state index in [2.05, 4.69) is 15.3 Å². The van der Waals surface area contributed by atoms with Crippen LogP contribution in [0.15, 0.2) is 11.4 Å². The molecule has 5 heteroatoms. The number of nitrogens with one attached hydrogen (secondary N) is 1. The fraction of sp³-hybridized carbons (Fsp3) is 0.500. The van der Waals surface area contributed by atoms with E-state index in [-0.39, 0.29) is 6.61 Å². The lowest BCUT2D eigenvalue weighted by Gasteiger charge is -2.06. The lowest BCUT2D eigenvalue weighted by molar-refractivity contribution is 0.281. The number of aromatic nitrogens is 2. The van der Waals surface area contributed by atoms with Crippen LogP contribution in [0.5, 0.6) is 0 Å². The minimum Gasteiger partial charge on any atom is -0.391 e. The smallest absolute Gasteiger partial charge is 0.189 e. The maximum Gasteiger partial charge on any atom is 0.189 e. The fourth-order valence-corrected chi connectivity index (χ4v) is 1.46. The van der Waals surface area contributed by atoms with E-state index in [1.165, 1.54) is 0 Å². The number of aliphatic hydroxyl groups excluding tert-OH is 1. The van der Waals surface area contributed by atoms with E-state index in [1.807, 2.05) is 6.92 Å². The first kappa shape index (κ1) is 10.3. The van der Waals surface area contributed by atoms with Crippen LogP contribution >= 0.6 is 11.8 Å². The Labute approximate surface area is 81.8 Å². The van der Waals surface area contributed by atoms with E-state index < -0.39 is 0 Å². The van der Waals surface area contributed by atoms with Gasteiger partial charge in [0, 0.05) is 18.8 Å². The molecule has 4 nitrogen and oxygen atoms in total. The van der Waals surface area contributed by atoms with Gasteiger partial charge in [-0.15, -0.1) is 0 Å². The summed E-state index contributed by atoms with van der Waals surface area (Å²) in [5, 5.41) is 12.6. The van der Waals surface area contributed by atoms with E-state index in [4.69, 9.17) is 5.11 Å². The molecule has 0 saturated heterocycles. The molecule has 0 aliphatic carbocycles. The van der Waals surface area contributed by atoms with Crippen molar-refractivity contribution in [3.05, 3.63) is 11.8 Å². The van der Waals surface area contributed by atoms with Crippen molar-refractivity contribution in [2.75, 3.05) is 18.1 Å². The van der Waals surface area contributed by atoms with Gasteiger partial charge in [-0.3, -0.25) is 0 Å². The maximum atomic E-state index is 8.94. The number of rotatable bonds is 4. The highest BCUT2D eigenvalue weighted by atomic mass is 32.2. The average Bonchev–Trinajstić information content (AvgIpc) is 2.18. The van der Waals surface area contributed by atoms with E-state index in [9.17, 15) is 0 Å². The lowest BCUT2D eigenvalue weighted by atomic mass is 10.3. The van der Waals surface area contributed by atoms with Gasteiger partial charge in [-0.1, -0.05) is 18.7 Å². The molecule has 13 heavy (non-hydrogen) atoms. The van der Waals surface area contributed by atoms with Crippen LogP contribution in [0.3, 0.4) is 0 Å². The number of hydrogen-bond acceptors (Lipinski definition) is 5. The van der Waals surface area contributed by atoms with Gasteiger partial charge >= 0.3 is 0 Å². The molecule has 1 aromatic rings. The number of hydrogen-bond donors (Lipinski definition) is 2. The lowest BCUT2D eigenvalue weighted by Crippen LogP contribution is -2.01. The molecule has 0 aliphatic heterocycles. The minimum atomic E-state index is -0.0345. The normalized spacial score (nSPS) is 10.1. The van der Waals surface area contributed by atoms with Crippen LogP contribution < -0.4 is 5.32 Å². The summed E-state index contributed by atoms with van der Waals surface area (Å²) < 4.78 is 0. The molecule has 0 bridgehead atoms. The van der Waals surface area contributed by atoms with Gasteiger partial charge in [-0.2, -0.15) is 0 Å². The zero-order valence-electron chi connectivity index (χ0n) is 7.74. The molecule has 1 aromatic heterocycles. The summed E-state index contributed by atoms with van der Waals surface area (Å²) >= 11 is 1.58. The summed E-state index contributed by atoms with van der Waals surface area (Å²) in [7, 11) is 1.78. The molecule has 72 valence electrons. The number of thioether (sulfide) groups is 1. The quantitative estimate of drug-likeness (QED) is 0.562. The third-order valence-corrected chi connectivity index (χ3v) is 2.27. The molecule has 0 saturated carbocycles. The number of anilines is 1. The molecule has 0 aromatic carbocycles. The fourth-order valence-electron chi connectivity index (χ4n) is 0.921. The maximum absolute atomic E-state index is 8.94. The van der Waals surface area contributed by atoms with Crippen molar-refractivity contribution in [2.24, 2.45) is 0 Å². The van der Waals surface area contributed by atoms with Crippen LogP contribution in [0.4, 0.5) is 5.82 Å². The van der Waals surface area contributed by atoms with Gasteiger partial charge in [-0.25, -0.2) is 9.97 Å². The van der Waals surface area contributed by atoms with Crippen molar-refractivity contribution in [1.82, 2.24) is 9.97 Å². The summed E-state index contributed by atoms with van der Waals surface area (Å²) in [6.07, 6.45) is 1.65. The molecule has 0 radical (unpaired) electrons. The molecular weight excluding hydrogens is 186 g/mol. The van der Waals surface area contributed by atoms with Crippen LogP contribution in [-0.2, 0) is 6.61 Å². The first-order chi connectivity index (χ1) is 6.31. The van der Waals surface area contributed by atoms with E-state index in [0.717, 1.165) is 16.5 Å². The summed E-state index contributed by atoms with van der Waals surface area (Å²) in [6.45, 7) is 2.01. The monoisotopic (exact) mass is 199 g/mol. The van der Waals surface area contributed by atoms with E-state index >= 15 is 0 Å². The Bertz CT molecular complexity index is 280. The highest BCUT2D eigenvalue weighted by Crippen LogP contribution is 2.17. The predicted octanol–water partition coefficient (Wildman–Crippen LogP) is 1.12. The van der Waals surface area contributed by atoms with Crippen molar-refractivity contribution in [2.45, 2.75) is 18.7 Å². The Kier molecular flexibility index (Phi) is 3.98. The van der Waals surface area contributed by atoms with Gasteiger partial charge in [0.2, 0.25) is 0 Å². The molecule has 1 rings (SSSR count). The largest absolute Gasteiger partial charge is 0.391 e. The molecule has 0 aliphatic rings. The van der Waals surface area contributed by atoms with Crippen LogP contribution in [0, 0.1) is 0 Å². The first-order valence-electron chi connectivity index (χ1n) is 4.09. The molecule has 0 amide bonds. The first-order valence-corrected chi connectivity index (χ1v) is 5.07. The van der Waals surface area contributed by atoms with E-state index in [1.54, 1.807) is 25.0 Å². The molecule has 0 unspecified atom stereocenters. The Morgan fingerprint density at radius 2 is 2.38 bits per heavy atom. The highest BCUT2D eigenvalue weighted by Gasteiger charge is 2.03. The molecule has 2 N–H and O–H groups in total. The minimum absolute atomic E-state index is 0.0345. The van der Waals surface area contributed by atoms with Gasteiger partial charge in [0.15, 0.2) is 5.16 Å². The van der Waals surface area contributed by atoms with Crippen LogP contribution in [0.2, 0.25) is 0 Å². The predicted molar refractivity (Wildman–Crippen MR) is 53.9 cm³/mol. The van der Waals surface area contributed by atoms with Crippen molar-refractivity contribution >= 4 is 17.6 Å². The van der Waals surface area contributed by atoms with Gasteiger partial charge in [0.05, 0.1) is 6.61 Å². The third-order valence-electron chi connectivity index (χ3n) is 1.52. The average molecular weight is 199 g/mol. The SMILES string of the molecule is CCSc1ncc(CO)c(NC)n1. The van der Waals surface area contributed by atoms with Crippen LogP contribution in [0.1, 0.15) is 12.5 Å². The Hall–Kier alpha value is -0.810. The summed E-state index contributed by atoms with van der Waals surface area (Å²) in [6, 6.07) is 0. The molecule has 1 heterocycles. The Balaban J connectivity index is 2.91. The topological polar surface area (TPSA) is 58.0 Å². The number of aliphatic hydroxyl groups is 1. The molecule has 0 atom stereocenters.